The van der Waals surface area contributed by atoms with Crippen molar-refractivity contribution in [1.29, 1.82) is 0 Å². The van der Waals surface area contributed by atoms with Gasteiger partial charge in [-0.05, 0) is 31.9 Å². The molecule has 9 heteroatoms. The summed E-state index contributed by atoms with van der Waals surface area (Å²) in [6.45, 7) is 6.43. The molecule has 3 heterocycles. The summed E-state index contributed by atoms with van der Waals surface area (Å²) in [5, 5.41) is 4.67. The third-order valence-electron chi connectivity index (χ3n) is 5.95. The first kappa shape index (κ1) is 21.0. The first-order valence-electron chi connectivity index (χ1n) is 10.6. The van der Waals surface area contributed by atoms with Crippen LogP contribution in [0.15, 0.2) is 35.3 Å². The van der Waals surface area contributed by atoms with Crippen LogP contribution >= 0.6 is 0 Å². The van der Waals surface area contributed by atoms with Crippen molar-refractivity contribution in [2.75, 3.05) is 13.6 Å². The number of imide groups is 1. The predicted molar refractivity (Wildman–Crippen MR) is 114 cm³/mol. The Labute approximate surface area is 180 Å². The van der Waals surface area contributed by atoms with Crippen molar-refractivity contribution in [3.05, 3.63) is 53.1 Å². The minimum absolute atomic E-state index is 0.118. The van der Waals surface area contributed by atoms with Crippen LogP contribution < -0.4 is 0 Å². The fraction of sp³-hybridized carbons (Fsp3) is 0.455. The molecular weight excluding hydrogens is 399 g/mol. The lowest BCUT2D eigenvalue weighted by molar-refractivity contribution is -0.138. The van der Waals surface area contributed by atoms with Crippen molar-refractivity contribution in [1.82, 2.24) is 24.5 Å². The molecule has 0 spiro atoms. The van der Waals surface area contributed by atoms with Gasteiger partial charge in [-0.2, -0.15) is 5.10 Å². The van der Waals surface area contributed by atoms with Gasteiger partial charge in [0, 0.05) is 24.8 Å². The number of nitrogens with zero attached hydrogens (tertiary/aromatic N) is 6. The minimum atomic E-state index is -0.673. The van der Waals surface area contributed by atoms with Gasteiger partial charge in [0.25, 0.3) is 5.91 Å². The number of fused-ring (bicyclic) bond motifs is 1. The third-order valence-corrected chi connectivity index (χ3v) is 5.95. The van der Waals surface area contributed by atoms with E-state index in [0.717, 1.165) is 29.1 Å². The zero-order valence-corrected chi connectivity index (χ0v) is 18.2. The summed E-state index contributed by atoms with van der Waals surface area (Å²) >= 11 is 0. The first-order valence-corrected chi connectivity index (χ1v) is 10.6. The Kier molecular flexibility index (Phi) is 5.51. The number of carbonyl (C=O) groups excluding carboxylic acids is 2. The number of urea groups is 1. The molecule has 0 N–H and O–H groups in total. The molecule has 0 saturated carbocycles. The summed E-state index contributed by atoms with van der Waals surface area (Å²) < 4.78 is 16.0. The minimum Gasteiger partial charge on any atom is -0.325 e. The van der Waals surface area contributed by atoms with Crippen LogP contribution in [0, 0.1) is 5.82 Å². The lowest BCUT2D eigenvalue weighted by Crippen LogP contribution is -2.64. The normalized spacial score (nSPS) is 21.1. The van der Waals surface area contributed by atoms with Gasteiger partial charge >= 0.3 is 6.03 Å². The molecule has 31 heavy (non-hydrogen) atoms. The molecular formula is C22H27FN6O2. The molecule has 3 amide bonds. The van der Waals surface area contributed by atoms with Gasteiger partial charge in [0.15, 0.2) is 12.2 Å². The molecule has 1 aromatic carbocycles. The lowest BCUT2D eigenvalue weighted by Gasteiger charge is -2.41. The monoisotopic (exact) mass is 426 g/mol. The Morgan fingerprint density at radius 3 is 2.48 bits per heavy atom. The Bertz CT molecular complexity index is 1050. The number of carbonyl (C=O) groups is 2. The fourth-order valence-electron chi connectivity index (χ4n) is 4.19. The fourth-order valence-corrected chi connectivity index (χ4v) is 4.19. The van der Waals surface area contributed by atoms with E-state index in [9.17, 15) is 14.0 Å². The zero-order valence-electron chi connectivity index (χ0n) is 18.2. The summed E-state index contributed by atoms with van der Waals surface area (Å²) in [6.07, 6.45) is 0.909. The highest BCUT2D eigenvalue weighted by Gasteiger charge is 2.52. The maximum atomic E-state index is 14.2. The van der Waals surface area contributed by atoms with E-state index in [2.05, 4.69) is 5.10 Å². The molecule has 1 aromatic heterocycles. The van der Waals surface area contributed by atoms with E-state index in [-0.39, 0.29) is 12.5 Å². The van der Waals surface area contributed by atoms with E-state index in [4.69, 9.17) is 4.99 Å². The molecule has 2 aliphatic rings. The Balaban J connectivity index is 1.70. The first-order chi connectivity index (χ1) is 14.9. The van der Waals surface area contributed by atoms with Gasteiger partial charge in [-0.1, -0.05) is 32.0 Å². The van der Waals surface area contributed by atoms with Gasteiger partial charge in [0.05, 0.1) is 12.2 Å². The molecule has 164 valence electrons. The quantitative estimate of drug-likeness (QED) is 0.736. The van der Waals surface area contributed by atoms with Crippen molar-refractivity contribution >= 4 is 17.9 Å². The summed E-state index contributed by atoms with van der Waals surface area (Å²) in [7, 11) is 1.63. The highest BCUT2D eigenvalue weighted by molar-refractivity contribution is 6.04. The number of aromatic nitrogens is 2. The van der Waals surface area contributed by atoms with Crippen molar-refractivity contribution in [2.45, 2.75) is 52.4 Å². The zero-order chi connectivity index (χ0) is 22.3. The smallest absolute Gasteiger partial charge is 0.325 e. The number of hydrogen-bond acceptors (Lipinski definition) is 5. The number of aliphatic imine (C=N–C) groups is 1. The predicted octanol–water partition coefficient (Wildman–Crippen LogP) is 2.48. The number of likely N-dealkylation sites (N-methyl/N-ethyl adjacent to an activating group) is 2. The molecule has 0 radical (unpaired) electrons. The number of amides is 3. The van der Waals surface area contributed by atoms with Gasteiger partial charge in [-0.25, -0.2) is 18.9 Å². The Morgan fingerprint density at radius 2 is 1.84 bits per heavy atom. The second kappa shape index (κ2) is 8.13. The van der Waals surface area contributed by atoms with Crippen LogP contribution in [0.25, 0.3) is 0 Å². The van der Waals surface area contributed by atoms with E-state index in [0.29, 0.717) is 18.1 Å². The largest absolute Gasteiger partial charge is 0.328 e. The van der Waals surface area contributed by atoms with Crippen LogP contribution in [0.1, 0.15) is 37.7 Å². The SMILES string of the molecule is CCc1cc(CC)n(C2=NC3C(C(=O)N(Cc4ccccc4F)C(=O)N3C)N2CC)n1. The second-order valence-corrected chi connectivity index (χ2v) is 7.73. The number of rotatable bonds is 5. The average Bonchev–Trinajstić information content (AvgIpc) is 3.37. The van der Waals surface area contributed by atoms with Crippen LogP contribution in [-0.2, 0) is 24.2 Å². The molecule has 2 aliphatic heterocycles. The maximum Gasteiger partial charge on any atom is 0.328 e. The summed E-state index contributed by atoms with van der Waals surface area (Å²) in [5.74, 6) is -0.257. The second-order valence-electron chi connectivity index (χ2n) is 7.73. The molecule has 2 atom stereocenters. The summed E-state index contributed by atoms with van der Waals surface area (Å²) in [5.41, 5.74) is 2.24. The van der Waals surface area contributed by atoms with Gasteiger partial charge in [-0.15, -0.1) is 0 Å². The Morgan fingerprint density at radius 1 is 1.10 bits per heavy atom. The van der Waals surface area contributed by atoms with Crippen LogP contribution in [0.5, 0.6) is 0 Å². The van der Waals surface area contributed by atoms with E-state index in [1.54, 1.807) is 29.9 Å². The topological polar surface area (TPSA) is 74.0 Å². The van der Waals surface area contributed by atoms with Crippen LogP contribution in [0.3, 0.4) is 0 Å². The standard InChI is InChI=1S/C22H27FN6O2/c1-5-15-12-16(6-2)29(25-15)21-24-19-18(27(21)7-3)20(30)28(22(31)26(19)4)13-14-10-8-9-11-17(14)23/h8-12,18-19H,5-7,13H2,1-4H3. The van der Waals surface area contributed by atoms with Crippen LogP contribution in [-0.4, -0.2) is 68.2 Å². The number of hydrogen-bond donors (Lipinski definition) is 0. The van der Waals surface area contributed by atoms with Crippen LogP contribution in [0.2, 0.25) is 0 Å². The lowest BCUT2D eigenvalue weighted by atomic mass is 10.1. The van der Waals surface area contributed by atoms with Crippen molar-refractivity contribution < 1.29 is 14.0 Å². The molecule has 4 rings (SSSR count). The van der Waals surface area contributed by atoms with Gasteiger partial charge in [0.2, 0.25) is 5.96 Å². The number of halogens is 1. The van der Waals surface area contributed by atoms with Crippen molar-refractivity contribution in [2.24, 2.45) is 4.99 Å². The van der Waals surface area contributed by atoms with Crippen molar-refractivity contribution in [3.63, 3.8) is 0 Å². The summed E-state index contributed by atoms with van der Waals surface area (Å²) in [4.78, 5) is 35.7. The number of benzene rings is 1. The van der Waals surface area contributed by atoms with Gasteiger partial charge in [-0.3, -0.25) is 9.69 Å². The maximum absolute atomic E-state index is 14.2. The van der Waals surface area contributed by atoms with E-state index < -0.39 is 24.1 Å². The molecule has 0 bridgehead atoms. The molecule has 2 aromatic rings. The van der Waals surface area contributed by atoms with Gasteiger partial charge in [0.1, 0.15) is 5.82 Å². The number of aryl methyl sites for hydroxylation is 2. The molecule has 1 saturated heterocycles. The third kappa shape index (κ3) is 3.37. The van der Waals surface area contributed by atoms with Gasteiger partial charge < -0.3 is 9.80 Å². The van der Waals surface area contributed by atoms with Crippen LogP contribution in [0.4, 0.5) is 9.18 Å². The highest BCUT2D eigenvalue weighted by Crippen LogP contribution is 2.30. The molecule has 0 aliphatic carbocycles. The molecule has 2 unspecified atom stereocenters. The van der Waals surface area contributed by atoms with E-state index in [1.165, 1.54) is 11.0 Å². The summed E-state index contributed by atoms with van der Waals surface area (Å²) in [6, 6.07) is 7.06. The average molecular weight is 426 g/mol. The van der Waals surface area contributed by atoms with E-state index in [1.807, 2.05) is 31.7 Å². The highest BCUT2D eigenvalue weighted by atomic mass is 19.1. The van der Waals surface area contributed by atoms with Crippen molar-refractivity contribution in [3.8, 4) is 0 Å². The molecule has 8 nitrogen and oxygen atoms in total. The Hall–Kier alpha value is -3.23. The molecule has 1 fully saturated rings. The van der Waals surface area contributed by atoms with E-state index >= 15 is 0 Å².